The Hall–Kier alpha value is -1.45. The van der Waals surface area contributed by atoms with Gasteiger partial charge in [-0.2, -0.15) is 0 Å². The quantitative estimate of drug-likeness (QED) is 0.628. The number of thioether (sulfide) groups is 1. The first-order valence-electron chi connectivity index (χ1n) is 7.29. The monoisotopic (exact) mass is 311 g/mol. The Kier molecular flexibility index (Phi) is 3.40. The van der Waals surface area contributed by atoms with Crippen LogP contribution in [0, 0.1) is 0 Å². The SMILES string of the molecule is C[C@H]1CC(Nc2cccc3ccccc23)c2ccsc2S1. The van der Waals surface area contributed by atoms with Gasteiger partial charge in [0, 0.05) is 16.3 Å². The number of benzene rings is 2. The van der Waals surface area contributed by atoms with E-state index in [0.717, 1.165) is 0 Å². The van der Waals surface area contributed by atoms with Gasteiger partial charge in [0.2, 0.25) is 0 Å². The molecule has 0 spiro atoms. The first-order valence-corrected chi connectivity index (χ1v) is 9.05. The number of thiophene rings is 1. The van der Waals surface area contributed by atoms with Crippen LogP contribution in [0.15, 0.2) is 58.1 Å². The van der Waals surface area contributed by atoms with Crippen molar-refractivity contribution in [1.29, 1.82) is 0 Å². The van der Waals surface area contributed by atoms with Gasteiger partial charge in [-0.15, -0.1) is 23.1 Å². The summed E-state index contributed by atoms with van der Waals surface area (Å²) >= 11 is 3.88. The normalized spacial score (nSPS) is 21.2. The predicted octanol–water partition coefficient (Wildman–Crippen LogP) is 5.94. The highest BCUT2D eigenvalue weighted by Gasteiger charge is 2.26. The number of nitrogens with one attached hydrogen (secondary N) is 1. The fourth-order valence-electron chi connectivity index (χ4n) is 3.02. The minimum Gasteiger partial charge on any atom is -0.378 e. The molecule has 0 aliphatic carbocycles. The molecule has 1 nitrogen and oxygen atoms in total. The van der Waals surface area contributed by atoms with Gasteiger partial charge in [0.25, 0.3) is 0 Å². The Labute approximate surface area is 133 Å². The number of fused-ring (bicyclic) bond motifs is 2. The Morgan fingerprint density at radius 1 is 1.05 bits per heavy atom. The van der Waals surface area contributed by atoms with Crippen molar-refractivity contribution in [2.75, 3.05) is 5.32 Å². The van der Waals surface area contributed by atoms with Gasteiger partial charge in [-0.1, -0.05) is 43.3 Å². The van der Waals surface area contributed by atoms with Crippen LogP contribution >= 0.6 is 23.1 Å². The summed E-state index contributed by atoms with van der Waals surface area (Å²) < 4.78 is 1.48. The molecule has 4 rings (SSSR count). The maximum atomic E-state index is 3.79. The molecule has 3 heteroatoms. The second kappa shape index (κ2) is 5.39. The molecule has 0 saturated heterocycles. The molecule has 0 saturated carbocycles. The summed E-state index contributed by atoms with van der Waals surface area (Å²) in [6.07, 6.45) is 1.18. The van der Waals surface area contributed by atoms with Gasteiger partial charge in [0.15, 0.2) is 0 Å². The van der Waals surface area contributed by atoms with Crippen LogP contribution in [-0.2, 0) is 0 Å². The number of hydrogen-bond donors (Lipinski definition) is 1. The van der Waals surface area contributed by atoms with Crippen LogP contribution in [0.3, 0.4) is 0 Å². The zero-order valence-electron chi connectivity index (χ0n) is 11.9. The van der Waals surface area contributed by atoms with Crippen molar-refractivity contribution < 1.29 is 0 Å². The largest absolute Gasteiger partial charge is 0.378 e. The van der Waals surface area contributed by atoms with Gasteiger partial charge in [-0.05, 0) is 34.9 Å². The maximum absolute atomic E-state index is 3.79. The first kappa shape index (κ1) is 13.2. The van der Waals surface area contributed by atoms with Crippen LogP contribution in [-0.4, -0.2) is 5.25 Å². The molecule has 0 amide bonds. The summed E-state index contributed by atoms with van der Waals surface area (Å²) in [5, 5.41) is 9.28. The van der Waals surface area contributed by atoms with E-state index >= 15 is 0 Å². The van der Waals surface area contributed by atoms with Crippen molar-refractivity contribution in [3.8, 4) is 0 Å². The summed E-state index contributed by atoms with van der Waals surface area (Å²) in [7, 11) is 0. The van der Waals surface area contributed by atoms with E-state index in [-0.39, 0.29) is 0 Å². The Morgan fingerprint density at radius 3 is 2.86 bits per heavy atom. The average molecular weight is 311 g/mol. The molecule has 1 aliphatic rings. The maximum Gasteiger partial charge on any atom is 0.0653 e. The van der Waals surface area contributed by atoms with Crippen LogP contribution in [0.2, 0.25) is 0 Å². The smallest absolute Gasteiger partial charge is 0.0653 e. The second-order valence-corrected chi connectivity index (χ2v) is 8.17. The molecule has 1 aromatic heterocycles. The lowest BCUT2D eigenvalue weighted by Gasteiger charge is -2.28. The Morgan fingerprint density at radius 2 is 1.90 bits per heavy atom. The summed E-state index contributed by atoms with van der Waals surface area (Å²) in [6.45, 7) is 2.32. The minimum atomic E-state index is 0.424. The lowest BCUT2D eigenvalue weighted by Crippen LogP contribution is -2.19. The highest BCUT2D eigenvalue weighted by molar-refractivity contribution is 8.01. The number of anilines is 1. The van der Waals surface area contributed by atoms with Crippen molar-refractivity contribution in [2.24, 2.45) is 0 Å². The zero-order valence-corrected chi connectivity index (χ0v) is 13.5. The average Bonchev–Trinajstić information content (AvgIpc) is 2.96. The molecule has 1 aliphatic heterocycles. The van der Waals surface area contributed by atoms with Crippen molar-refractivity contribution in [1.82, 2.24) is 0 Å². The summed E-state index contributed by atoms with van der Waals surface area (Å²) in [5.41, 5.74) is 2.71. The van der Waals surface area contributed by atoms with E-state index in [9.17, 15) is 0 Å². The van der Waals surface area contributed by atoms with Crippen LogP contribution < -0.4 is 5.32 Å². The van der Waals surface area contributed by atoms with Crippen molar-refractivity contribution >= 4 is 39.6 Å². The Balaban J connectivity index is 1.73. The summed E-state index contributed by atoms with van der Waals surface area (Å²) in [5.74, 6) is 0. The van der Waals surface area contributed by atoms with E-state index in [1.165, 1.54) is 32.7 Å². The Bertz CT molecular complexity index is 772. The molecule has 1 unspecified atom stereocenters. The molecule has 2 aromatic carbocycles. The highest BCUT2D eigenvalue weighted by atomic mass is 32.2. The lowest BCUT2D eigenvalue weighted by molar-refractivity contribution is 0.670. The van der Waals surface area contributed by atoms with Gasteiger partial charge in [-0.25, -0.2) is 0 Å². The third-order valence-electron chi connectivity index (χ3n) is 4.03. The zero-order chi connectivity index (χ0) is 14.2. The lowest BCUT2D eigenvalue weighted by atomic mass is 10.0. The van der Waals surface area contributed by atoms with Gasteiger partial charge in [-0.3, -0.25) is 0 Å². The van der Waals surface area contributed by atoms with E-state index in [0.29, 0.717) is 11.3 Å². The van der Waals surface area contributed by atoms with Crippen LogP contribution in [0.4, 0.5) is 5.69 Å². The number of hydrogen-bond acceptors (Lipinski definition) is 3. The topological polar surface area (TPSA) is 12.0 Å². The molecule has 0 bridgehead atoms. The van der Waals surface area contributed by atoms with Crippen molar-refractivity contribution in [3.05, 3.63) is 59.5 Å². The van der Waals surface area contributed by atoms with Gasteiger partial charge >= 0.3 is 0 Å². The fourth-order valence-corrected chi connectivity index (χ4v) is 5.59. The molecule has 0 radical (unpaired) electrons. The van der Waals surface area contributed by atoms with Crippen LogP contribution in [0.1, 0.15) is 24.9 Å². The predicted molar refractivity (Wildman–Crippen MR) is 94.6 cm³/mol. The van der Waals surface area contributed by atoms with E-state index in [4.69, 9.17) is 0 Å². The fraction of sp³-hybridized carbons (Fsp3) is 0.222. The van der Waals surface area contributed by atoms with Gasteiger partial charge < -0.3 is 5.32 Å². The molecule has 3 aromatic rings. The molecule has 0 fully saturated rings. The van der Waals surface area contributed by atoms with Crippen LogP contribution in [0.25, 0.3) is 10.8 Å². The second-order valence-electron chi connectivity index (χ2n) is 5.55. The standard InChI is InChI=1S/C18H17NS2/c1-12-11-17(15-9-10-20-18(15)21-12)19-16-8-4-6-13-5-2-3-7-14(13)16/h2-10,12,17,19H,11H2,1H3/t12-,17?/m0/s1. The van der Waals surface area contributed by atoms with E-state index < -0.39 is 0 Å². The van der Waals surface area contributed by atoms with Crippen LogP contribution in [0.5, 0.6) is 0 Å². The minimum absolute atomic E-state index is 0.424. The molecule has 1 N–H and O–H groups in total. The molecule has 21 heavy (non-hydrogen) atoms. The van der Waals surface area contributed by atoms with E-state index in [1.54, 1.807) is 0 Å². The highest BCUT2D eigenvalue weighted by Crippen LogP contribution is 2.45. The summed E-state index contributed by atoms with van der Waals surface area (Å²) in [6, 6.07) is 17.8. The van der Waals surface area contributed by atoms with Gasteiger partial charge in [0.1, 0.15) is 0 Å². The van der Waals surface area contributed by atoms with Gasteiger partial charge in [0.05, 0.1) is 10.3 Å². The molecule has 2 atom stereocenters. The third kappa shape index (κ3) is 2.45. The van der Waals surface area contributed by atoms with E-state index in [2.05, 4.69) is 66.2 Å². The van der Waals surface area contributed by atoms with Crippen molar-refractivity contribution in [2.45, 2.75) is 28.8 Å². The third-order valence-corrected chi connectivity index (χ3v) is 6.37. The number of rotatable bonds is 2. The molecular formula is C18H17NS2. The molecule has 106 valence electrons. The van der Waals surface area contributed by atoms with E-state index in [1.807, 2.05) is 23.1 Å². The molecular weight excluding hydrogens is 294 g/mol. The van der Waals surface area contributed by atoms with Crippen molar-refractivity contribution in [3.63, 3.8) is 0 Å². The first-order chi connectivity index (χ1) is 10.3. The summed E-state index contributed by atoms with van der Waals surface area (Å²) in [4.78, 5) is 0. The molecule has 2 heterocycles.